The Morgan fingerprint density at radius 3 is 2.71 bits per heavy atom. The number of hydrogen-bond donors (Lipinski definition) is 2. The number of carbonyl (C=O) groups excluding carboxylic acids is 1. The monoisotopic (exact) mass is 289 g/mol. The van der Waals surface area contributed by atoms with Gasteiger partial charge in [-0.1, -0.05) is 6.92 Å². The van der Waals surface area contributed by atoms with E-state index in [1.54, 1.807) is 18.2 Å². The summed E-state index contributed by atoms with van der Waals surface area (Å²) < 4.78 is 1.98. The first-order chi connectivity index (χ1) is 9.93. The van der Waals surface area contributed by atoms with Crippen LogP contribution in [0.1, 0.15) is 48.9 Å². The van der Waals surface area contributed by atoms with E-state index < -0.39 is 5.97 Å². The van der Waals surface area contributed by atoms with Crippen LogP contribution in [0.15, 0.2) is 18.2 Å². The molecule has 1 atom stereocenters. The SMILES string of the molecule is CCCc1nc2cc(C(=O)O)ccc2n1C(C)CC(N)=O. The van der Waals surface area contributed by atoms with Gasteiger partial charge in [-0.15, -0.1) is 0 Å². The summed E-state index contributed by atoms with van der Waals surface area (Å²) >= 11 is 0. The van der Waals surface area contributed by atoms with Crippen molar-refractivity contribution in [2.75, 3.05) is 0 Å². The molecule has 1 aromatic carbocycles. The number of rotatable bonds is 6. The molecule has 1 heterocycles. The molecule has 6 nitrogen and oxygen atoms in total. The summed E-state index contributed by atoms with van der Waals surface area (Å²) in [5.41, 5.74) is 6.95. The Labute approximate surface area is 122 Å². The highest BCUT2D eigenvalue weighted by atomic mass is 16.4. The van der Waals surface area contributed by atoms with Crippen molar-refractivity contribution in [1.29, 1.82) is 0 Å². The van der Waals surface area contributed by atoms with Crippen LogP contribution in [0.5, 0.6) is 0 Å². The number of aromatic carboxylic acids is 1. The van der Waals surface area contributed by atoms with E-state index >= 15 is 0 Å². The number of amides is 1. The van der Waals surface area contributed by atoms with Gasteiger partial charge in [0, 0.05) is 18.9 Å². The van der Waals surface area contributed by atoms with Gasteiger partial charge in [-0.05, 0) is 31.5 Å². The van der Waals surface area contributed by atoms with Crippen molar-refractivity contribution >= 4 is 22.9 Å². The number of carboxylic acid groups (broad SMARTS) is 1. The molecule has 1 aromatic heterocycles. The molecular weight excluding hydrogens is 270 g/mol. The number of imidazole rings is 1. The highest BCUT2D eigenvalue weighted by Gasteiger charge is 2.18. The second kappa shape index (κ2) is 5.95. The van der Waals surface area contributed by atoms with E-state index in [1.807, 2.05) is 18.4 Å². The summed E-state index contributed by atoms with van der Waals surface area (Å²) in [4.78, 5) is 26.7. The lowest BCUT2D eigenvalue weighted by Crippen LogP contribution is -2.18. The Balaban J connectivity index is 2.57. The molecule has 0 saturated carbocycles. The van der Waals surface area contributed by atoms with Crippen molar-refractivity contribution in [3.63, 3.8) is 0 Å². The third-order valence-electron chi connectivity index (χ3n) is 3.42. The minimum absolute atomic E-state index is 0.107. The van der Waals surface area contributed by atoms with E-state index in [9.17, 15) is 9.59 Å². The van der Waals surface area contributed by atoms with Crippen LogP contribution in [0.3, 0.4) is 0 Å². The van der Waals surface area contributed by atoms with Crippen molar-refractivity contribution in [3.8, 4) is 0 Å². The fourth-order valence-electron chi connectivity index (χ4n) is 2.56. The lowest BCUT2D eigenvalue weighted by molar-refractivity contribution is -0.118. The molecule has 0 aliphatic heterocycles. The zero-order chi connectivity index (χ0) is 15.6. The summed E-state index contributed by atoms with van der Waals surface area (Å²) in [6, 6.07) is 4.74. The van der Waals surface area contributed by atoms with Gasteiger partial charge in [-0.3, -0.25) is 4.79 Å². The average Bonchev–Trinajstić information content (AvgIpc) is 2.75. The Morgan fingerprint density at radius 2 is 2.14 bits per heavy atom. The van der Waals surface area contributed by atoms with Gasteiger partial charge in [0.1, 0.15) is 5.82 Å². The fourth-order valence-corrected chi connectivity index (χ4v) is 2.56. The summed E-state index contributed by atoms with van der Waals surface area (Å²) in [5, 5.41) is 9.06. The summed E-state index contributed by atoms with van der Waals surface area (Å²) in [6.07, 6.45) is 1.90. The smallest absolute Gasteiger partial charge is 0.335 e. The lowest BCUT2D eigenvalue weighted by atomic mass is 10.1. The van der Waals surface area contributed by atoms with Crippen molar-refractivity contribution < 1.29 is 14.7 Å². The Hall–Kier alpha value is -2.37. The fraction of sp³-hybridized carbons (Fsp3) is 0.400. The van der Waals surface area contributed by atoms with E-state index in [2.05, 4.69) is 4.98 Å². The number of nitrogens with two attached hydrogens (primary N) is 1. The second-order valence-corrected chi connectivity index (χ2v) is 5.18. The van der Waals surface area contributed by atoms with Crippen LogP contribution in [0.25, 0.3) is 11.0 Å². The number of carboxylic acids is 1. The van der Waals surface area contributed by atoms with Crippen LogP contribution in [0, 0.1) is 0 Å². The number of fused-ring (bicyclic) bond motifs is 1. The molecule has 0 saturated heterocycles. The minimum Gasteiger partial charge on any atom is -0.478 e. The van der Waals surface area contributed by atoms with E-state index in [-0.39, 0.29) is 23.9 Å². The summed E-state index contributed by atoms with van der Waals surface area (Å²) in [7, 11) is 0. The van der Waals surface area contributed by atoms with Gasteiger partial charge < -0.3 is 15.4 Å². The van der Waals surface area contributed by atoms with E-state index in [0.717, 1.165) is 24.2 Å². The number of hydrogen-bond acceptors (Lipinski definition) is 3. The van der Waals surface area contributed by atoms with E-state index in [0.29, 0.717) is 5.52 Å². The van der Waals surface area contributed by atoms with Crippen LogP contribution in [-0.4, -0.2) is 26.5 Å². The molecule has 112 valence electrons. The average molecular weight is 289 g/mol. The van der Waals surface area contributed by atoms with E-state index in [4.69, 9.17) is 10.8 Å². The third-order valence-corrected chi connectivity index (χ3v) is 3.42. The standard InChI is InChI=1S/C15H19N3O3/c1-3-4-14-17-11-8-10(15(20)21)5-6-12(11)18(14)9(2)7-13(16)19/h5-6,8-9H,3-4,7H2,1-2H3,(H2,16,19)(H,20,21). The topological polar surface area (TPSA) is 98.2 Å². The summed E-state index contributed by atoms with van der Waals surface area (Å²) in [6.45, 7) is 3.96. The molecule has 1 amide bonds. The van der Waals surface area contributed by atoms with Gasteiger partial charge in [-0.25, -0.2) is 9.78 Å². The number of primary amides is 1. The van der Waals surface area contributed by atoms with Gasteiger partial charge in [-0.2, -0.15) is 0 Å². The predicted molar refractivity (Wildman–Crippen MR) is 79.2 cm³/mol. The lowest BCUT2D eigenvalue weighted by Gasteiger charge is -2.16. The maximum atomic E-state index is 11.2. The zero-order valence-corrected chi connectivity index (χ0v) is 12.2. The molecule has 2 rings (SSSR count). The van der Waals surface area contributed by atoms with E-state index in [1.165, 1.54) is 0 Å². The first kappa shape index (κ1) is 15.0. The van der Waals surface area contributed by atoms with Crippen LogP contribution >= 0.6 is 0 Å². The first-order valence-corrected chi connectivity index (χ1v) is 6.96. The van der Waals surface area contributed by atoms with Gasteiger partial charge in [0.05, 0.1) is 16.6 Å². The molecule has 0 spiro atoms. The number of benzene rings is 1. The molecule has 0 aliphatic rings. The highest BCUT2D eigenvalue weighted by Crippen LogP contribution is 2.25. The number of aryl methyl sites for hydroxylation is 1. The molecule has 0 radical (unpaired) electrons. The van der Waals surface area contributed by atoms with Crippen LogP contribution < -0.4 is 5.73 Å². The molecule has 0 fully saturated rings. The number of nitrogens with zero attached hydrogens (tertiary/aromatic N) is 2. The largest absolute Gasteiger partial charge is 0.478 e. The van der Waals surface area contributed by atoms with Gasteiger partial charge in [0.2, 0.25) is 5.91 Å². The molecule has 6 heteroatoms. The van der Waals surface area contributed by atoms with Gasteiger partial charge in [0.15, 0.2) is 0 Å². The molecule has 2 aromatic rings. The quantitative estimate of drug-likeness (QED) is 0.851. The normalized spacial score (nSPS) is 12.5. The first-order valence-electron chi connectivity index (χ1n) is 6.96. The third kappa shape index (κ3) is 3.04. The Bertz CT molecular complexity index is 691. The van der Waals surface area contributed by atoms with Crippen LogP contribution in [0.4, 0.5) is 0 Å². The highest BCUT2D eigenvalue weighted by molar-refractivity contribution is 5.92. The molecule has 0 bridgehead atoms. The van der Waals surface area contributed by atoms with Crippen LogP contribution in [-0.2, 0) is 11.2 Å². The molecular formula is C15H19N3O3. The maximum Gasteiger partial charge on any atom is 0.335 e. The van der Waals surface area contributed by atoms with Crippen molar-refractivity contribution in [3.05, 3.63) is 29.6 Å². The predicted octanol–water partition coefficient (Wildman–Crippen LogP) is 2.12. The molecule has 0 aliphatic carbocycles. The molecule has 3 N–H and O–H groups in total. The second-order valence-electron chi connectivity index (χ2n) is 5.18. The number of carbonyl (C=O) groups is 2. The van der Waals surface area contributed by atoms with Crippen LogP contribution in [0.2, 0.25) is 0 Å². The maximum absolute atomic E-state index is 11.2. The van der Waals surface area contributed by atoms with Gasteiger partial charge >= 0.3 is 5.97 Å². The molecule has 21 heavy (non-hydrogen) atoms. The van der Waals surface area contributed by atoms with Gasteiger partial charge in [0.25, 0.3) is 0 Å². The number of aromatic nitrogens is 2. The zero-order valence-electron chi connectivity index (χ0n) is 12.2. The van der Waals surface area contributed by atoms with Crippen molar-refractivity contribution in [1.82, 2.24) is 9.55 Å². The minimum atomic E-state index is -0.978. The Kier molecular flexibility index (Phi) is 4.26. The van der Waals surface area contributed by atoms with Crippen molar-refractivity contribution in [2.45, 2.75) is 39.2 Å². The molecule has 1 unspecified atom stereocenters. The summed E-state index contributed by atoms with van der Waals surface area (Å²) in [5.74, 6) is -0.494. The van der Waals surface area contributed by atoms with Crippen molar-refractivity contribution in [2.24, 2.45) is 5.73 Å². The Morgan fingerprint density at radius 1 is 1.43 bits per heavy atom.